The topological polar surface area (TPSA) is 82.4 Å². The Morgan fingerprint density at radius 2 is 1.47 bits per heavy atom. The van der Waals surface area contributed by atoms with Crippen LogP contribution >= 0.6 is 0 Å². The molecule has 0 radical (unpaired) electrons. The van der Waals surface area contributed by atoms with Crippen molar-refractivity contribution in [1.82, 2.24) is 9.13 Å². The third-order valence-electron chi connectivity index (χ3n) is 9.03. The standard InChI is InChI=1S/C26H34N4O2/c27-28-23-24(31)29(16-26-13-17-10-18(14-26)12-19(11-17)15-26)21-8-4-5-9-22(21)30(25(23)32)20-6-2-1-3-7-20/h4-5,8-9,17-20H,1-3,6-7,10-16,27H2. The Hall–Kier alpha value is -2.37. The summed E-state index contributed by atoms with van der Waals surface area (Å²) >= 11 is 0. The molecule has 4 bridgehead atoms. The van der Waals surface area contributed by atoms with Gasteiger partial charge in [0.25, 0.3) is 11.1 Å². The summed E-state index contributed by atoms with van der Waals surface area (Å²) in [5.41, 5.74) is 1.22. The summed E-state index contributed by atoms with van der Waals surface area (Å²) in [6.07, 6.45) is 13.1. The van der Waals surface area contributed by atoms with E-state index in [9.17, 15) is 9.59 Å². The second-order valence-corrected chi connectivity index (χ2v) is 11.2. The zero-order valence-electron chi connectivity index (χ0n) is 18.8. The zero-order valence-corrected chi connectivity index (χ0v) is 18.8. The van der Waals surface area contributed by atoms with Gasteiger partial charge in [-0.05, 0) is 86.7 Å². The predicted molar refractivity (Wildman–Crippen MR) is 125 cm³/mol. The van der Waals surface area contributed by atoms with Gasteiger partial charge in [-0.3, -0.25) is 9.59 Å². The Morgan fingerprint density at radius 1 is 0.875 bits per heavy atom. The van der Waals surface area contributed by atoms with E-state index in [-0.39, 0.29) is 27.9 Å². The number of hydrogen-bond acceptors (Lipinski definition) is 4. The molecule has 1 heterocycles. The maximum Gasteiger partial charge on any atom is 0.284 e. The molecule has 5 aliphatic rings. The molecule has 5 saturated carbocycles. The number of fused-ring (bicyclic) bond motifs is 1. The first-order chi connectivity index (χ1) is 15.6. The van der Waals surface area contributed by atoms with E-state index in [0.29, 0.717) is 6.54 Å². The Morgan fingerprint density at radius 3 is 2.06 bits per heavy atom. The fourth-order valence-corrected chi connectivity index (χ4v) is 8.24. The van der Waals surface area contributed by atoms with Crippen molar-refractivity contribution in [3.63, 3.8) is 0 Å². The molecular weight excluding hydrogens is 400 g/mol. The van der Waals surface area contributed by atoms with Crippen LogP contribution in [0.5, 0.6) is 0 Å². The number of para-hydroxylation sites is 2. The minimum absolute atomic E-state index is 0.0986. The third-order valence-corrected chi connectivity index (χ3v) is 9.03. The molecule has 0 aliphatic heterocycles. The molecule has 0 atom stereocenters. The van der Waals surface area contributed by atoms with Gasteiger partial charge >= 0.3 is 0 Å². The van der Waals surface area contributed by atoms with Crippen molar-refractivity contribution >= 4 is 11.0 Å². The van der Waals surface area contributed by atoms with Crippen molar-refractivity contribution in [3.8, 4) is 0 Å². The predicted octanol–water partition coefficient (Wildman–Crippen LogP) is 3.66. The summed E-state index contributed by atoms with van der Waals surface area (Å²) < 4.78 is 3.71. The molecule has 32 heavy (non-hydrogen) atoms. The minimum atomic E-state index is -0.329. The monoisotopic (exact) mass is 434 g/mol. The lowest BCUT2D eigenvalue weighted by atomic mass is 9.49. The molecule has 6 nitrogen and oxygen atoms in total. The van der Waals surface area contributed by atoms with Crippen LogP contribution in [0.15, 0.2) is 39.0 Å². The van der Waals surface area contributed by atoms with Crippen LogP contribution in [0, 0.1) is 23.2 Å². The largest absolute Gasteiger partial charge is 0.322 e. The number of benzene rings is 1. The maximum atomic E-state index is 13.8. The van der Waals surface area contributed by atoms with Gasteiger partial charge in [-0.2, -0.15) is 5.10 Å². The first kappa shape index (κ1) is 20.3. The second kappa shape index (κ2) is 7.60. The summed E-state index contributed by atoms with van der Waals surface area (Å²) in [5.74, 6) is 8.12. The number of hydrogen-bond donors (Lipinski definition) is 1. The van der Waals surface area contributed by atoms with Crippen LogP contribution < -0.4 is 22.3 Å². The minimum Gasteiger partial charge on any atom is -0.322 e. The molecular formula is C26H34N4O2. The molecule has 6 heteroatoms. The van der Waals surface area contributed by atoms with E-state index in [0.717, 1.165) is 54.5 Å². The van der Waals surface area contributed by atoms with E-state index in [1.807, 2.05) is 33.4 Å². The van der Waals surface area contributed by atoms with Crippen LogP contribution in [0.1, 0.15) is 76.7 Å². The van der Waals surface area contributed by atoms with Gasteiger partial charge < -0.3 is 15.0 Å². The quantitative estimate of drug-likeness (QED) is 0.591. The fraction of sp³-hybridized carbons (Fsp3) is 0.654. The molecule has 5 fully saturated rings. The highest BCUT2D eigenvalue weighted by molar-refractivity contribution is 5.75. The van der Waals surface area contributed by atoms with Crippen LogP contribution in [0.2, 0.25) is 0 Å². The molecule has 2 N–H and O–H groups in total. The molecule has 2 aromatic rings. The highest BCUT2D eigenvalue weighted by Gasteiger charge is 2.51. The zero-order chi connectivity index (χ0) is 21.9. The van der Waals surface area contributed by atoms with E-state index >= 15 is 0 Å². The summed E-state index contributed by atoms with van der Waals surface area (Å²) in [6.45, 7) is 0.678. The lowest BCUT2D eigenvalue weighted by molar-refractivity contribution is -0.0617. The molecule has 0 amide bonds. The first-order valence-corrected chi connectivity index (χ1v) is 12.6. The highest BCUT2D eigenvalue weighted by atomic mass is 16.1. The summed E-state index contributed by atoms with van der Waals surface area (Å²) in [4.78, 5) is 27.4. The van der Waals surface area contributed by atoms with Gasteiger partial charge in [-0.1, -0.05) is 31.4 Å². The number of nitrogens with two attached hydrogens (primary N) is 1. The molecule has 0 saturated heterocycles. The molecule has 1 aromatic heterocycles. The lowest BCUT2D eigenvalue weighted by Crippen LogP contribution is -2.51. The number of aromatic nitrogens is 2. The van der Waals surface area contributed by atoms with E-state index < -0.39 is 0 Å². The average molecular weight is 435 g/mol. The smallest absolute Gasteiger partial charge is 0.284 e. The van der Waals surface area contributed by atoms with Crippen molar-refractivity contribution in [2.75, 3.05) is 0 Å². The van der Waals surface area contributed by atoms with E-state index in [1.165, 1.54) is 44.9 Å². The van der Waals surface area contributed by atoms with Gasteiger partial charge in [-0.25, -0.2) is 0 Å². The van der Waals surface area contributed by atoms with Crippen LogP contribution in [0.25, 0.3) is 11.0 Å². The van der Waals surface area contributed by atoms with Gasteiger partial charge in [0.05, 0.1) is 11.0 Å². The molecule has 5 aliphatic carbocycles. The SMILES string of the molecule is NN=c1c(=O)n(CC23CC4CC(CC(C4)C2)C3)c2ccccc2n(C2CCCCC2)c1=O. The summed E-state index contributed by atoms with van der Waals surface area (Å²) in [5, 5.41) is 3.66. The van der Waals surface area contributed by atoms with E-state index in [1.54, 1.807) is 0 Å². The van der Waals surface area contributed by atoms with Crippen LogP contribution in [-0.2, 0) is 6.54 Å². The van der Waals surface area contributed by atoms with Crippen molar-refractivity contribution in [2.45, 2.75) is 83.2 Å². The summed E-state index contributed by atoms with van der Waals surface area (Å²) in [6, 6.07) is 8.06. The van der Waals surface area contributed by atoms with Crippen LogP contribution in [0.4, 0.5) is 0 Å². The number of rotatable bonds is 3. The van der Waals surface area contributed by atoms with Gasteiger partial charge in [0.1, 0.15) is 0 Å². The average Bonchev–Trinajstić information content (AvgIpc) is 2.86. The van der Waals surface area contributed by atoms with Crippen molar-refractivity contribution in [2.24, 2.45) is 34.1 Å². The van der Waals surface area contributed by atoms with Crippen molar-refractivity contribution in [1.29, 1.82) is 0 Å². The van der Waals surface area contributed by atoms with Crippen molar-refractivity contribution in [3.05, 3.63) is 50.3 Å². The normalized spacial score (nSPS) is 32.6. The first-order valence-electron chi connectivity index (χ1n) is 12.6. The Bertz CT molecular complexity index is 1200. The second-order valence-electron chi connectivity index (χ2n) is 11.2. The van der Waals surface area contributed by atoms with Gasteiger partial charge in [-0.15, -0.1) is 0 Å². The maximum absolute atomic E-state index is 13.8. The Balaban J connectivity index is 1.58. The Labute approximate surface area is 188 Å². The molecule has 1 aromatic carbocycles. The molecule has 7 rings (SSSR count). The molecule has 0 spiro atoms. The van der Waals surface area contributed by atoms with Crippen molar-refractivity contribution < 1.29 is 0 Å². The highest BCUT2D eigenvalue weighted by Crippen LogP contribution is 2.60. The number of nitrogens with zero attached hydrogens (tertiary/aromatic N) is 3. The molecule has 0 unspecified atom stereocenters. The Kier molecular flexibility index (Phi) is 4.81. The van der Waals surface area contributed by atoms with E-state index in [2.05, 4.69) is 5.10 Å². The third kappa shape index (κ3) is 3.17. The van der Waals surface area contributed by atoms with Gasteiger partial charge in [0, 0.05) is 12.6 Å². The lowest BCUT2D eigenvalue weighted by Gasteiger charge is -2.57. The van der Waals surface area contributed by atoms with Crippen LogP contribution in [0.3, 0.4) is 0 Å². The van der Waals surface area contributed by atoms with Crippen LogP contribution in [-0.4, -0.2) is 9.13 Å². The van der Waals surface area contributed by atoms with Gasteiger partial charge in [0.2, 0.25) is 5.36 Å². The van der Waals surface area contributed by atoms with Gasteiger partial charge in [0.15, 0.2) is 0 Å². The molecule has 170 valence electrons. The fourth-order valence-electron chi connectivity index (χ4n) is 8.24. The van der Waals surface area contributed by atoms with E-state index in [4.69, 9.17) is 5.84 Å². The summed E-state index contributed by atoms with van der Waals surface area (Å²) in [7, 11) is 0.